The van der Waals surface area contributed by atoms with Gasteiger partial charge in [0, 0.05) is 18.0 Å². The minimum Gasteiger partial charge on any atom is -0.270 e. The predicted octanol–water partition coefficient (Wildman–Crippen LogP) is 4.49. The van der Waals surface area contributed by atoms with E-state index >= 15 is 0 Å². The molecule has 0 aliphatic heterocycles. The fraction of sp³-hybridized carbons (Fsp3) is 0.100. The van der Waals surface area contributed by atoms with E-state index in [1.54, 1.807) is 18.6 Å². The van der Waals surface area contributed by atoms with Crippen molar-refractivity contribution in [2.75, 3.05) is 0 Å². The number of aromatic nitrogens is 5. The summed E-state index contributed by atoms with van der Waals surface area (Å²) in [6.45, 7) is 4.22. The Bertz CT molecular complexity index is 1030. The molecule has 0 saturated heterocycles. The van der Waals surface area contributed by atoms with Gasteiger partial charge in [-0.1, -0.05) is 36.4 Å². The first-order valence-corrected chi connectivity index (χ1v) is 9.06. The third-order valence-corrected chi connectivity index (χ3v) is 5.02. The number of hydrogen-bond acceptors (Lipinski definition) is 5. The molecule has 4 aromatic rings. The van der Waals surface area contributed by atoms with Crippen molar-refractivity contribution in [1.29, 1.82) is 0 Å². The lowest BCUT2D eigenvalue weighted by Crippen LogP contribution is -2.01. The van der Waals surface area contributed by atoms with Crippen molar-refractivity contribution in [3.05, 3.63) is 78.2 Å². The van der Waals surface area contributed by atoms with E-state index in [0.29, 0.717) is 0 Å². The van der Waals surface area contributed by atoms with Gasteiger partial charge in [0.25, 0.3) is 0 Å². The lowest BCUT2D eigenvalue weighted by atomic mass is 10.1. The van der Waals surface area contributed by atoms with Crippen LogP contribution in [0.3, 0.4) is 0 Å². The topological polar surface area (TPSA) is 56.5 Å². The zero-order valence-corrected chi connectivity index (χ0v) is 15.3. The maximum atomic E-state index is 4.45. The van der Waals surface area contributed by atoms with Gasteiger partial charge >= 0.3 is 0 Å². The second-order valence-corrected chi connectivity index (χ2v) is 6.91. The summed E-state index contributed by atoms with van der Waals surface area (Å²) >= 11 is 1.45. The normalized spacial score (nSPS) is 10.8. The molecule has 128 valence electrons. The minimum atomic E-state index is 0.757. The van der Waals surface area contributed by atoms with Gasteiger partial charge in [-0.2, -0.15) is 0 Å². The molecule has 0 N–H and O–H groups in total. The molecule has 26 heavy (non-hydrogen) atoms. The highest BCUT2D eigenvalue weighted by Crippen LogP contribution is 2.31. The van der Waals surface area contributed by atoms with Crippen molar-refractivity contribution < 1.29 is 0 Å². The van der Waals surface area contributed by atoms with Crippen LogP contribution in [0.15, 0.2) is 77.3 Å². The van der Waals surface area contributed by atoms with Crippen molar-refractivity contribution in [3.8, 4) is 17.1 Å². The van der Waals surface area contributed by atoms with Crippen LogP contribution in [0.2, 0.25) is 0 Å². The minimum absolute atomic E-state index is 0.757. The number of nitrogens with zero attached hydrogens (tertiary/aromatic N) is 5. The molecule has 0 atom stereocenters. The van der Waals surface area contributed by atoms with Crippen molar-refractivity contribution in [3.63, 3.8) is 0 Å². The summed E-state index contributed by atoms with van der Waals surface area (Å²) in [7, 11) is 0. The average Bonchev–Trinajstić information content (AvgIpc) is 3.09. The highest BCUT2D eigenvalue weighted by molar-refractivity contribution is 7.99. The average molecular weight is 359 g/mol. The Kier molecular flexibility index (Phi) is 4.50. The summed E-state index contributed by atoms with van der Waals surface area (Å²) in [5.41, 5.74) is 4.53. The largest absolute Gasteiger partial charge is 0.270 e. The summed E-state index contributed by atoms with van der Waals surface area (Å²) in [5.74, 6) is 0.806. The summed E-state index contributed by atoms with van der Waals surface area (Å²) in [6, 6.07) is 16.5. The molecule has 0 aliphatic rings. The number of rotatable bonds is 4. The van der Waals surface area contributed by atoms with E-state index in [2.05, 4.69) is 56.8 Å². The van der Waals surface area contributed by atoms with Crippen LogP contribution in [-0.2, 0) is 0 Å². The van der Waals surface area contributed by atoms with E-state index in [-0.39, 0.29) is 0 Å². The van der Waals surface area contributed by atoms with E-state index in [0.717, 1.165) is 27.3 Å². The van der Waals surface area contributed by atoms with Crippen LogP contribution in [0.1, 0.15) is 11.1 Å². The van der Waals surface area contributed by atoms with Crippen molar-refractivity contribution >= 4 is 11.8 Å². The highest BCUT2D eigenvalue weighted by Gasteiger charge is 2.17. The lowest BCUT2D eigenvalue weighted by molar-refractivity contribution is 0.879. The Morgan fingerprint density at radius 3 is 2.46 bits per heavy atom. The van der Waals surface area contributed by atoms with Crippen LogP contribution in [-0.4, -0.2) is 24.7 Å². The fourth-order valence-corrected chi connectivity index (χ4v) is 3.42. The molecule has 0 aliphatic carbocycles. The predicted molar refractivity (Wildman–Crippen MR) is 102 cm³/mol. The van der Waals surface area contributed by atoms with E-state index in [4.69, 9.17) is 0 Å². The molecule has 0 unspecified atom stereocenters. The van der Waals surface area contributed by atoms with Gasteiger partial charge in [0.15, 0.2) is 5.82 Å². The molecular weight excluding hydrogens is 342 g/mol. The molecule has 0 bridgehead atoms. The Morgan fingerprint density at radius 1 is 0.885 bits per heavy atom. The Balaban J connectivity index is 1.87. The highest BCUT2D eigenvalue weighted by atomic mass is 32.2. The zero-order valence-electron chi connectivity index (χ0n) is 14.5. The third-order valence-electron chi connectivity index (χ3n) is 4.15. The first-order valence-electron chi connectivity index (χ1n) is 8.25. The molecule has 0 saturated carbocycles. The maximum Gasteiger partial charge on any atom is 0.202 e. The molecule has 4 rings (SSSR count). The SMILES string of the molecule is Cc1ccc(-n2c(Sc3cnccn3)nnc2-c2ccccc2)cc1C. The zero-order chi connectivity index (χ0) is 17.9. The second-order valence-electron chi connectivity index (χ2n) is 5.92. The summed E-state index contributed by atoms with van der Waals surface area (Å²) < 4.78 is 2.07. The maximum absolute atomic E-state index is 4.45. The molecule has 2 heterocycles. The number of hydrogen-bond donors (Lipinski definition) is 0. The van der Waals surface area contributed by atoms with Gasteiger partial charge in [0.1, 0.15) is 5.03 Å². The first kappa shape index (κ1) is 16.5. The van der Waals surface area contributed by atoms with E-state index in [1.807, 2.05) is 30.3 Å². The van der Waals surface area contributed by atoms with E-state index < -0.39 is 0 Å². The second kappa shape index (κ2) is 7.09. The van der Waals surface area contributed by atoms with Gasteiger partial charge in [0.2, 0.25) is 5.16 Å². The molecule has 2 aromatic carbocycles. The molecule has 0 radical (unpaired) electrons. The molecule has 0 spiro atoms. The van der Waals surface area contributed by atoms with Crippen LogP contribution in [0.4, 0.5) is 0 Å². The Morgan fingerprint density at radius 2 is 1.73 bits per heavy atom. The van der Waals surface area contributed by atoms with Gasteiger partial charge in [-0.15, -0.1) is 10.2 Å². The van der Waals surface area contributed by atoms with Gasteiger partial charge < -0.3 is 0 Å². The Hall–Kier alpha value is -2.99. The van der Waals surface area contributed by atoms with E-state index in [9.17, 15) is 0 Å². The van der Waals surface area contributed by atoms with E-state index in [1.165, 1.54) is 22.9 Å². The van der Waals surface area contributed by atoms with Gasteiger partial charge in [-0.05, 0) is 48.9 Å². The lowest BCUT2D eigenvalue weighted by Gasteiger charge is -2.12. The van der Waals surface area contributed by atoms with Crippen molar-refractivity contribution in [2.24, 2.45) is 0 Å². The van der Waals surface area contributed by atoms with Crippen LogP contribution >= 0.6 is 11.8 Å². The molecule has 0 fully saturated rings. The van der Waals surface area contributed by atoms with Crippen LogP contribution in [0, 0.1) is 13.8 Å². The number of benzene rings is 2. The monoisotopic (exact) mass is 359 g/mol. The standard InChI is InChI=1S/C20H17N5S/c1-14-8-9-17(12-15(14)2)25-19(16-6-4-3-5-7-16)23-24-20(25)26-18-13-21-10-11-22-18/h3-13H,1-2H3. The van der Waals surface area contributed by atoms with Crippen LogP contribution < -0.4 is 0 Å². The first-order chi connectivity index (χ1) is 12.7. The summed E-state index contributed by atoms with van der Waals surface area (Å²) in [5, 5.41) is 10.4. The molecule has 5 nitrogen and oxygen atoms in total. The summed E-state index contributed by atoms with van der Waals surface area (Å²) in [6.07, 6.45) is 5.07. The number of aryl methyl sites for hydroxylation is 2. The van der Waals surface area contributed by atoms with Gasteiger partial charge in [-0.3, -0.25) is 9.55 Å². The third kappa shape index (κ3) is 3.23. The van der Waals surface area contributed by atoms with Crippen molar-refractivity contribution in [2.45, 2.75) is 24.0 Å². The molecule has 6 heteroatoms. The molecule has 2 aromatic heterocycles. The molecular formula is C20H17N5S. The quantitative estimate of drug-likeness (QED) is 0.537. The van der Waals surface area contributed by atoms with Crippen LogP contribution in [0.25, 0.3) is 17.1 Å². The summed E-state index contributed by atoms with van der Waals surface area (Å²) in [4.78, 5) is 8.47. The van der Waals surface area contributed by atoms with Gasteiger partial charge in [0.05, 0.1) is 11.9 Å². The fourth-order valence-electron chi connectivity index (χ4n) is 2.64. The van der Waals surface area contributed by atoms with Crippen LogP contribution in [0.5, 0.6) is 0 Å². The van der Waals surface area contributed by atoms with Crippen molar-refractivity contribution in [1.82, 2.24) is 24.7 Å². The smallest absolute Gasteiger partial charge is 0.202 e. The Labute approximate surface area is 156 Å². The van der Waals surface area contributed by atoms with Gasteiger partial charge in [-0.25, -0.2) is 4.98 Å². The molecule has 0 amide bonds.